The quantitative estimate of drug-likeness (QED) is 0.710. The summed E-state index contributed by atoms with van der Waals surface area (Å²) in [5, 5.41) is 12.8. The van der Waals surface area contributed by atoms with E-state index >= 15 is 0 Å². The second-order valence-corrected chi connectivity index (χ2v) is 5.91. The minimum absolute atomic E-state index is 0.0864. The average molecular weight is 285 g/mol. The average Bonchev–Trinajstić information content (AvgIpc) is 2.35. The van der Waals surface area contributed by atoms with Crippen molar-refractivity contribution < 1.29 is 14.7 Å². The summed E-state index contributed by atoms with van der Waals surface area (Å²) in [6, 6.07) is 0. The van der Waals surface area contributed by atoms with Crippen LogP contribution in [0.25, 0.3) is 0 Å². The van der Waals surface area contributed by atoms with Crippen molar-refractivity contribution >= 4 is 11.8 Å². The fourth-order valence-corrected chi connectivity index (χ4v) is 2.39. The number of rotatable bonds is 6. The molecular weight excluding hydrogens is 258 g/mol. The van der Waals surface area contributed by atoms with Crippen LogP contribution in [-0.2, 0) is 9.59 Å². The van der Waals surface area contributed by atoms with Crippen molar-refractivity contribution in [2.45, 2.75) is 38.7 Å². The van der Waals surface area contributed by atoms with E-state index < -0.39 is 5.60 Å². The summed E-state index contributed by atoms with van der Waals surface area (Å²) in [6.07, 6.45) is 2.54. The van der Waals surface area contributed by atoms with Gasteiger partial charge in [0.15, 0.2) is 0 Å². The van der Waals surface area contributed by atoms with Crippen molar-refractivity contribution in [1.29, 1.82) is 0 Å². The van der Waals surface area contributed by atoms with E-state index in [1.165, 1.54) is 4.90 Å². The molecule has 1 atom stereocenters. The highest BCUT2D eigenvalue weighted by atomic mass is 16.3. The number of nitrogens with one attached hydrogen (secondary N) is 1. The van der Waals surface area contributed by atoms with Crippen LogP contribution in [0.15, 0.2) is 0 Å². The molecule has 1 heterocycles. The molecule has 1 saturated heterocycles. The van der Waals surface area contributed by atoms with Gasteiger partial charge in [-0.25, -0.2) is 0 Å². The molecule has 0 spiro atoms. The standard InChI is InChI=1S/C14H27N3O3/c1-4-7-15-12(18)9-16(3)13(19)10-17-8-5-6-14(2,20)11-17/h20H,4-11H2,1-3H3,(H,15,18). The number of β-amino-alcohol motifs (C(OH)–C–C–N with tert-alkyl or cyclic N) is 1. The Hall–Kier alpha value is -1.14. The van der Waals surface area contributed by atoms with Crippen molar-refractivity contribution in [2.24, 2.45) is 0 Å². The molecule has 6 nitrogen and oxygen atoms in total. The number of aliphatic hydroxyl groups is 1. The highest BCUT2D eigenvalue weighted by Crippen LogP contribution is 2.19. The lowest BCUT2D eigenvalue weighted by atomic mass is 9.95. The summed E-state index contributed by atoms with van der Waals surface area (Å²) >= 11 is 0. The molecule has 0 saturated carbocycles. The summed E-state index contributed by atoms with van der Waals surface area (Å²) in [7, 11) is 1.63. The number of carbonyl (C=O) groups is 2. The molecular formula is C14H27N3O3. The molecule has 2 amide bonds. The zero-order valence-electron chi connectivity index (χ0n) is 12.8. The monoisotopic (exact) mass is 285 g/mol. The Bertz CT molecular complexity index is 345. The van der Waals surface area contributed by atoms with Gasteiger partial charge in [-0.15, -0.1) is 0 Å². The van der Waals surface area contributed by atoms with Gasteiger partial charge in [-0.1, -0.05) is 6.92 Å². The predicted molar refractivity (Wildman–Crippen MR) is 77.2 cm³/mol. The van der Waals surface area contributed by atoms with Crippen LogP contribution in [0, 0.1) is 0 Å². The number of carbonyl (C=O) groups excluding carboxylic acids is 2. The Balaban J connectivity index is 2.36. The van der Waals surface area contributed by atoms with Gasteiger partial charge in [0.25, 0.3) is 0 Å². The fourth-order valence-electron chi connectivity index (χ4n) is 2.39. The molecule has 0 aromatic heterocycles. The molecule has 1 aliphatic rings. The zero-order valence-corrected chi connectivity index (χ0v) is 12.8. The Kier molecular flexibility index (Phi) is 6.42. The van der Waals surface area contributed by atoms with Crippen molar-refractivity contribution in [1.82, 2.24) is 15.1 Å². The maximum absolute atomic E-state index is 12.1. The smallest absolute Gasteiger partial charge is 0.239 e. The number of likely N-dealkylation sites (N-methyl/N-ethyl adjacent to an activating group) is 1. The first-order chi connectivity index (χ1) is 9.34. The lowest BCUT2D eigenvalue weighted by molar-refractivity contribution is -0.136. The molecule has 1 unspecified atom stereocenters. The molecule has 116 valence electrons. The molecule has 0 aromatic carbocycles. The lowest BCUT2D eigenvalue weighted by Gasteiger charge is -2.36. The van der Waals surface area contributed by atoms with Crippen LogP contribution < -0.4 is 5.32 Å². The van der Waals surface area contributed by atoms with Crippen molar-refractivity contribution in [3.05, 3.63) is 0 Å². The van der Waals surface area contributed by atoms with Crippen LogP contribution in [0.3, 0.4) is 0 Å². The van der Waals surface area contributed by atoms with Crippen molar-refractivity contribution in [3.8, 4) is 0 Å². The summed E-state index contributed by atoms with van der Waals surface area (Å²) in [5.74, 6) is -0.220. The molecule has 2 N–H and O–H groups in total. The van der Waals surface area contributed by atoms with Gasteiger partial charge < -0.3 is 15.3 Å². The van der Waals surface area contributed by atoms with Crippen LogP contribution in [0.5, 0.6) is 0 Å². The van der Waals surface area contributed by atoms with Crippen molar-refractivity contribution in [2.75, 3.05) is 39.8 Å². The number of likely N-dealkylation sites (tertiary alicyclic amines) is 1. The van der Waals surface area contributed by atoms with Crippen LogP contribution >= 0.6 is 0 Å². The number of piperidine rings is 1. The number of hydrogen-bond acceptors (Lipinski definition) is 4. The van der Waals surface area contributed by atoms with E-state index in [2.05, 4.69) is 5.32 Å². The Morgan fingerprint density at radius 1 is 1.45 bits per heavy atom. The molecule has 1 fully saturated rings. The maximum atomic E-state index is 12.1. The van der Waals surface area contributed by atoms with Gasteiger partial charge in [0.05, 0.1) is 18.7 Å². The van der Waals surface area contributed by atoms with Gasteiger partial charge >= 0.3 is 0 Å². The van der Waals surface area contributed by atoms with E-state index in [0.717, 1.165) is 25.8 Å². The van der Waals surface area contributed by atoms with E-state index in [4.69, 9.17) is 0 Å². The van der Waals surface area contributed by atoms with Crippen LogP contribution in [0.4, 0.5) is 0 Å². The molecule has 1 aliphatic heterocycles. The van der Waals surface area contributed by atoms with Crippen molar-refractivity contribution in [3.63, 3.8) is 0 Å². The van der Waals surface area contributed by atoms with Gasteiger partial charge in [-0.05, 0) is 32.7 Å². The number of hydrogen-bond donors (Lipinski definition) is 2. The molecule has 20 heavy (non-hydrogen) atoms. The lowest BCUT2D eigenvalue weighted by Crippen LogP contribution is -2.50. The van der Waals surface area contributed by atoms with Gasteiger partial charge in [-0.3, -0.25) is 14.5 Å². The molecule has 0 radical (unpaired) electrons. The van der Waals surface area contributed by atoms with Gasteiger partial charge in [0, 0.05) is 20.1 Å². The summed E-state index contributed by atoms with van der Waals surface area (Å²) < 4.78 is 0. The summed E-state index contributed by atoms with van der Waals surface area (Å²) in [5.41, 5.74) is -0.713. The first kappa shape index (κ1) is 16.9. The number of nitrogens with zero attached hydrogens (tertiary/aromatic N) is 2. The summed E-state index contributed by atoms with van der Waals surface area (Å²) in [4.78, 5) is 27.0. The predicted octanol–water partition coefficient (Wildman–Crippen LogP) is -0.182. The van der Waals surface area contributed by atoms with Gasteiger partial charge in [0.2, 0.25) is 11.8 Å². The second kappa shape index (κ2) is 7.59. The molecule has 6 heteroatoms. The van der Waals surface area contributed by atoms with Crippen LogP contribution in [0.2, 0.25) is 0 Å². The van der Waals surface area contributed by atoms with E-state index in [1.807, 2.05) is 11.8 Å². The molecule has 0 aliphatic carbocycles. The normalized spacial score (nSPS) is 23.4. The van der Waals surface area contributed by atoms with E-state index in [9.17, 15) is 14.7 Å². The fraction of sp³-hybridized carbons (Fsp3) is 0.857. The minimum Gasteiger partial charge on any atom is -0.389 e. The summed E-state index contributed by atoms with van der Waals surface area (Å²) in [6.45, 7) is 6.09. The highest BCUT2D eigenvalue weighted by Gasteiger charge is 2.29. The van der Waals surface area contributed by atoms with Crippen LogP contribution in [0.1, 0.15) is 33.1 Å². The minimum atomic E-state index is -0.713. The number of amides is 2. The Morgan fingerprint density at radius 2 is 2.15 bits per heavy atom. The van der Waals surface area contributed by atoms with Crippen LogP contribution in [-0.4, -0.2) is 72.1 Å². The van der Waals surface area contributed by atoms with E-state index in [0.29, 0.717) is 13.1 Å². The zero-order chi connectivity index (χ0) is 15.2. The molecule has 1 rings (SSSR count). The molecule has 0 bridgehead atoms. The first-order valence-corrected chi connectivity index (χ1v) is 7.29. The SMILES string of the molecule is CCCNC(=O)CN(C)C(=O)CN1CCCC(C)(O)C1. The Labute approximate surface area is 121 Å². The van der Waals surface area contributed by atoms with E-state index in [-0.39, 0.29) is 24.9 Å². The van der Waals surface area contributed by atoms with Gasteiger partial charge in [-0.2, -0.15) is 0 Å². The third-order valence-electron chi connectivity index (χ3n) is 3.49. The van der Waals surface area contributed by atoms with Gasteiger partial charge in [0.1, 0.15) is 0 Å². The first-order valence-electron chi connectivity index (χ1n) is 7.29. The Morgan fingerprint density at radius 3 is 2.75 bits per heavy atom. The topological polar surface area (TPSA) is 72.9 Å². The maximum Gasteiger partial charge on any atom is 0.239 e. The third-order valence-corrected chi connectivity index (χ3v) is 3.49. The highest BCUT2D eigenvalue weighted by molar-refractivity contribution is 5.85. The molecule has 0 aromatic rings. The second-order valence-electron chi connectivity index (χ2n) is 5.91. The largest absolute Gasteiger partial charge is 0.389 e. The van der Waals surface area contributed by atoms with E-state index in [1.54, 1.807) is 14.0 Å². The third kappa shape index (κ3) is 5.88.